The molecule has 6 nitrogen and oxygen atoms in total. The van der Waals surface area contributed by atoms with Gasteiger partial charge in [-0.05, 0) is 75.3 Å². The quantitative estimate of drug-likeness (QED) is 0.674. The number of para-hydroxylation sites is 1. The Morgan fingerprint density at radius 1 is 0.938 bits per heavy atom. The second kappa shape index (κ2) is 10.1. The molecule has 4 rings (SSSR count). The van der Waals surface area contributed by atoms with Crippen LogP contribution in [0.4, 0.5) is 5.69 Å². The number of carbonyl (C=O) groups excluding carboxylic acids is 2. The van der Waals surface area contributed by atoms with Crippen LogP contribution in [-0.2, 0) is 11.2 Å². The highest BCUT2D eigenvalue weighted by Gasteiger charge is 2.26. The molecule has 0 spiro atoms. The number of likely N-dealkylation sites (tertiary alicyclic amines) is 1. The molecule has 0 bridgehead atoms. The lowest BCUT2D eigenvalue weighted by molar-refractivity contribution is -0.134. The number of hydrogen-bond donors (Lipinski definition) is 0. The van der Waals surface area contributed by atoms with Crippen molar-refractivity contribution in [1.29, 1.82) is 0 Å². The van der Waals surface area contributed by atoms with Crippen molar-refractivity contribution < 1.29 is 19.1 Å². The largest absolute Gasteiger partial charge is 0.490 e. The predicted molar refractivity (Wildman–Crippen MR) is 125 cm³/mol. The first-order valence-corrected chi connectivity index (χ1v) is 11.7. The van der Waals surface area contributed by atoms with E-state index in [-0.39, 0.29) is 18.4 Å². The van der Waals surface area contributed by atoms with Gasteiger partial charge in [0.1, 0.15) is 0 Å². The van der Waals surface area contributed by atoms with Crippen molar-refractivity contribution >= 4 is 17.5 Å². The van der Waals surface area contributed by atoms with Gasteiger partial charge < -0.3 is 19.3 Å². The fourth-order valence-corrected chi connectivity index (χ4v) is 4.61. The van der Waals surface area contributed by atoms with Crippen LogP contribution < -0.4 is 14.4 Å². The van der Waals surface area contributed by atoms with Crippen LogP contribution in [0.25, 0.3) is 0 Å². The Balaban J connectivity index is 1.52. The summed E-state index contributed by atoms with van der Waals surface area (Å²) >= 11 is 0. The topological polar surface area (TPSA) is 59.1 Å². The fraction of sp³-hybridized carbons (Fsp3) is 0.462. The van der Waals surface area contributed by atoms with Crippen LogP contribution in [-0.4, -0.2) is 49.6 Å². The molecule has 32 heavy (non-hydrogen) atoms. The number of aryl methyl sites for hydroxylation is 2. The lowest BCUT2D eigenvalue weighted by Gasteiger charge is -2.31. The molecule has 2 aliphatic rings. The Morgan fingerprint density at radius 2 is 1.75 bits per heavy atom. The third-order valence-corrected chi connectivity index (χ3v) is 6.21. The Labute approximate surface area is 190 Å². The van der Waals surface area contributed by atoms with Gasteiger partial charge in [0.05, 0.1) is 12.3 Å². The van der Waals surface area contributed by atoms with Gasteiger partial charge in [-0.2, -0.15) is 0 Å². The van der Waals surface area contributed by atoms with Crippen LogP contribution in [0, 0.1) is 6.92 Å². The zero-order chi connectivity index (χ0) is 22.5. The van der Waals surface area contributed by atoms with E-state index < -0.39 is 0 Å². The fourth-order valence-electron chi connectivity index (χ4n) is 4.61. The van der Waals surface area contributed by atoms with Crippen LogP contribution in [0.1, 0.15) is 54.1 Å². The van der Waals surface area contributed by atoms with Crippen molar-refractivity contribution in [2.24, 2.45) is 0 Å². The van der Waals surface area contributed by atoms with E-state index in [0.29, 0.717) is 30.2 Å². The van der Waals surface area contributed by atoms with Gasteiger partial charge in [0.15, 0.2) is 18.1 Å². The second-order valence-electron chi connectivity index (χ2n) is 8.47. The predicted octanol–water partition coefficient (Wildman–Crippen LogP) is 4.38. The number of amides is 2. The third kappa shape index (κ3) is 4.74. The molecule has 2 aromatic rings. The summed E-state index contributed by atoms with van der Waals surface area (Å²) in [5, 5.41) is 0. The number of anilines is 1. The molecule has 0 aromatic heterocycles. The average molecular weight is 437 g/mol. The minimum absolute atomic E-state index is 0.00676. The monoisotopic (exact) mass is 436 g/mol. The van der Waals surface area contributed by atoms with Crippen LogP contribution >= 0.6 is 0 Å². The number of piperidine rings is 1. The molecule has 2 aromatic carbocycles. The molecule has 2 amide bonds. The molecule has 0 aliphatic carbocycles. The molecular weight excluding hydrogens is 404 g/mol. The first-order valence-electron chi connectivity index (χ1n) is 11.7. The highest BCUT2D eigenvalue weighted by atomic mass is 16.5. The molecule has 1 fully saturated rings. The number of hydrogen-bond acceptors (Lipinski definition) is 4. The van der Waals surface area contributed by atoms with Gasteiger partial charge >= 0.3 is 0 Å². The zero-order valence-electron chi connectivity index (χ0n) is 19.1. The SMILES string of the molecule is CCOc1cc(C(=O)N2CCCc3cccc(C)c32)ccc1OCC(=O)N1CCCCC1. The van der Waals surface area contributed by atoms with Gasteiger partial charge in [0, 0.05) is 25.2 Å². The molecule has 0 saturated carbocycles. The number of rotatable bonds is 6. The van der Waals surface area contributed by atoms with Crippen molar-refractivity contribution in [1.82, 2.24) is 4.90 Å². The van der Waals surface area contributed by atoms with Crippen LogP contribution in [0.2, 0.25) is 0 Å². The summed E-state index contributed by atoms with van der Waals surface area (Å²) in [5.41, 5.74) is 3.90. The molecule has 170 valence electrons. The normalized spacial score (nSPS) is 15.8. The Bertz CT molecular complexity index is 982. The van der Waals surface area contributed by atoms with E-state index in [9.17, 15) is 9.59 Å². The number of benzene rings is 2. The summed E-state index contributed by atoms with van der Waals surface area (Å²) in [6.45, 7) is 6.65. The van der Waals surface area contributed by atoms with Crippen LogP contribution in [0.5, 0.6) is 11.5 Å². The maximum absolute atomic E-state index is 13.4. The van der Waals surface area contributed by atoms with Gasteiger partial charge in [-0.3, -0.25) is 9.59 Å². The number of fused-ring (bicyclic) bond motifs is 1. The minimum Gasteiger partial charge on any atom is -0.490 e. The van der Waals surface area contributed by atoms with Gasteiger partial charge in [-0.25, -0.2) is 0 Å². The summed E-state index contributed by atoms with van der Waals surface area (Å²) in [6, 6.07) is 11.4. The molecule has 2 aliphatic heterocycles. The minimum atomic E-state index is -0.0443. The maximum Gasteiger partial charge on any atom is 0.260 e. The molecule has 0 radical (unpaired) electrons. The molecule has 6 heteroatoms. The standard InChI is InChI=1S/C26H32N2O4/c1-3-31-23-17-21(12-13-22(23)32-18-24(29)27-14-5-4-6-15-27)26(30)28-16-8-11-20-10-7-9-19(2)25(20)28/h7,9-10,12-13,17H,3-6,8,11,14-16,18H2,1-2H3. The molecule has 0 unspecified atom stereocenters. The average Bonchev–Trinajstić information content (AvgIpc) is 2.83. The van der Waals surface area contributed by atoms with E-state index in [4.69, 9.17) is 9.47 Å². The van der Waals surface area contributed by atoms with Crippen LogP contribution in [0.15, 0.2) is 36.4 Å². The van der Waals surface area contributed by atoms with Gasteiger partial charge in [0.25, 0.3) is 11.8 Å². The highest BCUT2D eigenvalue weighted by molar-refractivity contribution is 6.07. The molecule has 0 atom stereocenters. The van der Waals surface area contributed by atoms with Gasteiger partial charge in [-0.1, -0.05) is 18.2 Å². The lowest BCUT2D eigenvalue weighted by atomic mass is 9.97. The van der Waals surface area contributed by atoms with Crippen molar-refractivity contribution in [3.8, 4) is 11.5 Å². The van der Waals surface area contributed by atoms with E-state index in [1.165, 1.54) is 12.0 Å². The summed E-state index contributed by atoms with van der Waals surface area (Å²) < 4.78 is 11.6. The molecule has 2 heterocycles. The van der Waals surface area contributed by atoms with Crippen LogP contribution in [0.3, 0.4) is 0 Å². The van der Waals surface area contributed by atoms with E-state index in [0.717, 1.165) is 50.0 Å². The van der Waals surface area contributed by atoms with Gasteiger partial charge in [-0.15, -0.1) is 0 Å². The maximum atomic E-state index is 13.4. The Kier molecular flexibility index (Phi) is 6.98. The summed E-state index contributed by atoms with van der Waals surface area (Å²) in [6.07, 6.45) is 5.20. The van der Waals surface area contributed by atoms with E-state index in [1.54, 1.807) is 18.2 Å². The Morgan fingerprint density at radius 3 is 2.53 bits per heavy atom. The van der Waals surface area contributed by atoms with Crippen molar-refractivity contribution in [2.75, 3.05) is 37.7 Å². The number of ether oxygens (including phenoxy) is 2. The first kappa shape index (κ1) is 22.2. The van der Waals surface area contributed by atoms with E-state index in [1.807, 2.05) is 35.8 Å². The number of nitrogens with zero attached hydrogens (tertiary/aromatic N) is 2. The van der Waals surface area contributed by atoms with Crippen molar-refractivity contribution in [3.05, 3.63) is 53.1 Å². The zero-order valence-corrected chi connectivity index (χ0v) is 19.1. The molecule has 1 saturated heterocycles. The Hall–Kier alpha value is -3.02. The van der Waals surface area contributed by atoms with Crippen molar-refractivity contribution in [3.63, 3.8) is 0 Å². The van der Waals surface area contributed by atoms with Gasteiger partial charge in [0.2, 0.25) is 0 Å². The molecule has 0 N–H and O–H groups in total. The second-order valence-corrected chi connectivity index (χ2v) is 8.47. The summed E-state index contributed by atoms with van der Waals surface area (Å²) in [5.74, 6) is 0.931. The summed E-state index contributed by atoms with van der Waals surface area (Å²) in [4.78, 5) is 29.6. The summed E-state index contributed by atoms with van der Waals surface area (Å²) in [7, 11) is 0. The first-order chi connectivity index (χ1) is 15.6. The lowest BCUT2D eigenvalue weighted by Crippen LogP contribution is -2.38. The van der Waals surface area contributed by atoms with E-state index in [2.05, 4.69) is 6.07 Å². The smallest absolute Gasteiger partial charge is 0.260 e. The van der Waals surface area contributed by atoms with E-state index >= 15 is 0 Å². The third-order valence-electron chi connectivity index (χ3n) is 6.21. The van der Waals surface area contributed by atoms with Crippen molar-refractivity contribution in [2.45, 2.75) is 46.0 Å². The molecular formula is C26H32N2O4. The number of carbonyl (C=O) groups is 2. The highest BCUT2D eigenvalue weighted by Crippen LogP contribution is 2.34.